The number of ether oxygens (including phenoxy) is 1. The molecule has 0 saturated carbocycles. The molecule has 0 aliphatic carbocycles. The van der Waals surface area contributed by atoms with E-state index in [1.54, 1.807) is 26.0 Å². The van der Waals surface area contributed by atoms with Gasteiger partial charge < -0.3 is 10.1 Å². The lowest BCUT2D eigenvalue weighted by atomic mass is 9.85. The van der Waals surface area contributed by atoms with Crippen LogP contribution in [0.1, 0.15) is 29.8 Å². The third kappa shape index (κ3) is 3.58. The Hall–Kier alpha value is -1.08. The topological polar surface area (TPSA) is 38.3 Å². The fourth-order valence-electron chi connectivity index (χ4n) is 2.16. The molecular formula is C14H15BrF3NO2. The number of carbonyl (C=O) groups is 1. The van der Waals surface area contributed by atoms with Crippen molar-refractivity contribution in [3.8, 4) is 0 Å². The molecule has 1 unspecified atom stereocenters. The van der Waals surface area contributed by atoms with Crippen LogP contribution >= 0.6 is 15.9 Å². The number of hydrogen-bond donors (Lipinski definition) is 1. The van der Waals surface area contributed by atoms with Crippen LogP contribution in [0.5, 0.6) is 0 Å². The van der Waals surface area contributed by atoms with E-state index in [2.05, 4.69) is 26.0 Å². The summed E-state index contributed by atoms with van der Waals surface area (Å²) in [6, 6.07) is 5.34. The van der Waals surface area contributed by atoms with Gasteiger partial charge in [-0.25, -0.2) is 0 Å². The third-order valence-electron chi connectivity index (χ3n) is 3.42. The second-order valence-corrected chi connectivity index (χ2v) is 6.59. The van der Waals surface area contributed by atoms with Crippen molar-refractivity contribution in [2.75, 3.05) is 18.5 Å². The monoisotopic (exact) mass is 365 g/mol. The Bertz CT molecular complexity index is 558. The van der Waals surface area contributed by atoms with E-state index in [0.717, 1.165) is 16.8 Å². The predicted octanol–water partition coefficient (Wildman–Crippen LogP) is 3.93. The van der Waals surface area contributed by atoms with Gasteiger partial charge in [0.2, 0.25) is 5.91 Å². The van der Waals surface area contributed by atoms with Crippen molar-refractivity contribution in [1.29, 1.82) is 0 Å². The fourth-order valence-corrected chi connectivity index (χ4v) is 2.63. The molecule has 0 fully saturated rings. The summed E-state index contributed by atoms with van der Waals surface area (Å²) in [5.74, 6) is -0.0888. The lowest BCUT2D eigenvalue weighted by Crippen LogP contribution is -2.26. The number of carbonyl (C=O) groups excluding carboxylic acids is 1. The Labute approximate surface area is 129 Å². The van der Waals surface area contributed by atoms with Crippen molar-refractivity contribution in [1.82, 2.24) is 0 Å². The summed E-state index contributed by atoms with van der Waals surface area (Å²) < 4.78 is 40.8. The first-order valence-electron chi connectivity index (χ1n) is 6.36. The summed E-state index contributed by atoms with van der Waals surface area (Å²) in [5, 5.41) is 2.78. The van der Waals surface area contributed by atoms with Gasteiger partial charge in [-0.15, -0.1) is 0 Å². The predicted molar refractivity (Wildman–Crippen MR) is 76.6 cm³/mol. The Morgan fingerprint density at radius 2 is 2.05 bits per heavy atom. The van der Waals surface area contributed by atoms with E-state index in [1.165, 1.54) is 0 Å². The van der Waals surface area contributed by atoms with Crippen LogP contribution in [0, 0.1) is 0 Å². The number of rotatable bonds is 4. The molecule has 1 heterocycles. The Morgan fingerprint density at radius 3 is 2.67 bits per heavy atom. The smallest absolute Gasteiger partial charge is 0.371 e. The first-order chi connectivity index (χ1) is 9.61. The average molecular weight is 366 g/mol. The molecule has 7 heteroatoms. The summed E-state index contributed by atoms with van der Waals surface area (Å²) in [6.45, 7) is 2.24. The molecule has 1 N–H and O–H groups in total. The second kappa shape index (κ2) is 5.61. The lowest BCUT2D eigenvalue weighted by Gasteiger charge is -2.18. The highest BCUT2D eigenvalue weighted by atomic mass is 79.9. The number of halogens is 4. The molecular weight excluding hydrogens is 351 g/mol. The van der Waals surface area contributed by atoms with Crippen molar-refractivity contribution in [2.24, 2.45) is 0 Å². The maximum atomic E-state index is 12.0. The molecule has 3 nitrogen and oxygen atoms in total. The summed E-state index contributed by atoms with van der Waals surface area (Å²) in [5.41, 5.74) is 1.71. The number of nitrogens with one attached hydrogen (secondary N) is 1. The van der Waals surface area contributed by atoms with Crippen LogP contribution in [0.2, 0.25) is 0 Å². The molecule has 1 aromatic carbocycles. The van der Waals surface area contributed by atoms with Crippen molar-refractivity contribution in [3.05, 3.63) is 29.3 Å². The van der Waals surface area contributed by atoms with Crippen LogP contribution in [0.3, 0.4) is 0 Å². The molecule has 0 spiro atoms. The highest BCUT2D eigenvalue weighted by Gasteiger charge is 2.38. The van der Waals surface area contributed by atoms with Crippen LogP contribution in [-0.2, 0) is 14.9 Å². The minimum Gasteiger partial charge on any atom is -0.371 e. The van der Waals surface area contributed by atoms with Crippen molar-refractivity contribution >= 4 is 27.5 Å². The van der Waals surface area contributed by atoms with Gasteiger partial charge in [0.15, 0.2) is 0 Å². The molecule has 1 aliphatic rings. The van der Waals surface area contributed by atoms with E-state index in [1.807, 2.05) is 6.07 Å². The van der Waals surface area contributed by atoms with E-state index in [0.29, 0.717) is 0 Å². The largest absolute Gasteiger partial charge is 0.411 e. The first-order valence-corrected chi connectivity index (χ1v) is 7.27. The molecule has 1 aliphatic heterocycles. The van der Waals surface area contributed by atoms with Crippen LogP contribution in [0.4, 0.5) is 18.9 Å². The van der Waals surface area contributed by atoms with Gasteiger partial charge >= 0.3 is 6.18 Å². The SMILES string of the molecule is CC1(C)C(=O)Nc2ccc(C(Br)COCC(F)(F)F)cc21. The Kier molecular flexibility index (Phi) is 4.35. The van der Waals surface area contributed by atoms with Gasteiger partial charge in [-0.05, 0) is 31.0 Å². The maximum Gasteiger partial charge on any atom is 0.411 e. The van der Waals surface area contributed by atoms with Crippen molar-refractivity contribution in [3.63, 3.8) is 0 Å². The van der Waals surface area contributed by atoms with E-state index in [4.69, 9.17) is 0 Å². The van der Waals surface area contributed by atoms with Crippen molar-refractivity contribution < 1.29 is 22.7 Å². The minimum atomic E-state index is -4.33. The number of alkyl halides is 4. The van der Waals surface area contributed by atoms with E-state index in [9.17, 15) is 18.0 Å². The molecule has 116 valence electrons. The summed E-state index contributed by atoms with van der Waals surface area (Å²) in [7, 11) is 0. The fraction of sp³-hybridized carbons (Fsp3) is 0.500. The molecule has 1 atom stereocenters. The zero-order valence-electron chi connectivity index (χ0n) is 11.6. The standard InChI is InChI=1S/C14H15BrF3NO2/c1-13(2)9-5-8(3-4-11(9)19-12(13)20)10(15)6-21-7-14(16,17)18/h3-5,10H,6-7H2,1-2H3,(H,19,20). The number of amides is 1. The third-order valence-corrected chi connectivity index (χ3v) is 4.22. The number of fused-ring (bicyclic) bond motifs is 1. The van der Waals surface area contributed by atoms with Crippen molar-refractivity contribution in [2.45, 2.75) is 30.3 Å². The first kappa shape index (κ1) is 16.3. The molecule has 21 heavy (non-hydrogen) atoms. The Balaban J connectivity index is 2.09. The molecule has 0 radical (unpaired) electrons. The van der Waals surface area contributed by atoms with Gasteiger partial charge in [0.25, 0.3) is 0 Å². The minimum absolute atomic E-state index is 0.0888. The van der Waals surface area contributed by atoms with Crippen LogP contribution in [-0.4, -0.2) is 25.3 Å². The van der Waals surface area contributed by atoms with Crippen LogP contribution < -0.4 is 5.32 Å². The molecule has 0 aromatic heterocycles. The van der Waals surface area contributed by atoms with E-state index < -0.39 is 18.2 Å². The Morgan fingerprint density at radius 1 is 1.38 bits per heavy atom. The quantitative estimate of drug-likeness (QED) is 0.821. The van der Waals surface area contributed by atoms with Gasteiger partial charge in [0.1, 0.15) is 6.61 Å². The van der Waals surface area contributed by atoms with Gasteiger partial charge in [0, 0.05) is 5.69 Å². The molecule has 0 bridgehead atoms. The van der Waals surface area contributed by atoms with Crippen LogP contribution in [0.15, 0.2) is 18.2 Å². The highest BCUT2D eigenvalue weighted by Crippen LogP contribution is 2.39. The van der Waals surface area contributed by atoms with Gasteiger partial charge in [0.05, 0.1) is 16.8 Å². The summed E-state index contributed by atoms with van der Waals surface area (Å²) in [4.78, 5) is 11.5. The van der Waals surface area contributed by atoms with E-state index >= 15 is 0 Å². The maximum absolute atomic E-state index is 12.0. The lowest BCUT2D eigenvalue weighted by molar-refractivity contribution is -0.173. The zero-order valence-corrected chi connectivity index (χ0v) is 13.1. The second-order valence-electron chi connectivity index (χ2n) is 5.48. The molecule has 1 aromatic rings. The average Bonchev–Trinajstić information content (AvgIpc) is 2.58. The summed E-state index contributed by atoms with van der Waals surface area (Å²) >= 11 is 3.32. The zero-order chi connectivity index (χ0) is 15.8. The number of anilines is 1. The number of hydrogen-bond acceptors (Lipinski definition) is 2. The normalized spacial score (nSPS) is 18.3. The summed E-state index contributed by atoms with van der Waals surface area (Å²) in [6.07, 6.45) is -4.33. The van der Waals surface area contributed by atoms with Gasteiger partial charge in [-0.3, -0.25) is 4.79 Å². The van der Waals surface area contributed by atoms with E-state index in [-0.39, 0.29) is 17.3 Å². The molecule has 2 rings (SSSR count). The van der Waals surface area contributed by atoms with Gasteiger partial charge in [-0.2, -0.15) is 13.2 Å². The van der Waals surface area contributed by atoms with Gasteiger partial charge in [-0.1, -0.05) is 28.1 Å². The molecule has 0 saturated heterocycles. The number of benzene rings is 1. The van der Waals surface area contributed by atoms with Crippen LogP contribution in [0.25, 0.3) is 0 Å². The molecule has 1 amide bonds. The highest BCUT2D eigenvalue weighted by molar-refractivity contribution is 9.09.